The minimum atomic E-state index is -1.04. The van der Waals surface area contributed by atoms with Gasteiger partial charge in [0.1, 0.15) is 5.82 Å². The lowest BCUT2D eigenvalue weighted by Crippen LogP contribution is -2.05. The number of rotatable bonds is 4. The average Bonchev–Trinajstić information content (AvgIpc) is 2.44. The number of hydrogen-bond acceptors (Lipinski definition) is 3. The van der Waals surface area contributed by atoms with E-state index in [9.17, 15) is 4.79 Å². The number of nitrogen functional groups attached to an aromatic ring is 1. The van der Waals surface area contributed by atoms with Crippen LogP contribution in [0.15, 0.2) is 6.07 Å². The molecule has 0 amide bonds. The number of nitrogens with two attached hydrogens (primary N) is 1. The van der Waals surface area contributed by atoms with Crippen LogP contribution in [0.5, 0.6) is 0 Å². The van der Waals surface area contributed by atoms with Crippen molar-refractivity contribution in [3.63, 3.8) is 0 Å². The Balaban J connectivity index is 2.77. The number of aryl methyl sites for hydroxylation is 1. The fourth-order valence-corrected chi connectivity index (χ4v) is 1.02. The summed E-state index contributed by atoms with van der Waals surface area (Å²) in [7, 11) is 0. The second kappa shape index (κ2) is 3.93. The Morgan fingerprint density at radius 3 is 2.92 bits per heavy atom. The van der Waals surface area contributed by atoms with Gasteiger partial charge in [0.2, 0.25) is 0 Å². The van der Waals surface area contributed by atoms with Gasteiger partial charge in [-0.15, -0.1) is 0 Å². The number of hydrogen-bond donors (Lipinski definition) is 2. The van der Waals surface area contributed by atoms with Crippen molar-refractivity contribution in [1.29, 1.82) is 0 Å². The molecule has 0 unspecified atom stereocenters. The monoisotopic (exact) mass is 183 g/mol. The molecule has 0 fully saturated rings. The second-order valence-electron chi connectivity index (χ2n) is 2.84. The lowest BCUT2D eigenvalue weighted by atomic mass is 10.3. The Morgan fingerprint density at radius 2 is 2.46 bits per heavy atom. The van der Waals surface area contributed by atoms with Crippen LogP contribution in [0.4, 0.5) is 5.82 Å². The van der Waals surface area contributed by atoms with Gasteiger partial charge in [0.15, 0.2) is 5.69 Å². The Bertz CT molecular complexity index is 306. The van der Waals surface area contributed by atoms with Crippen molar-refractivity contribution in [3.8, 4) is 0 Å². The Hall–Kier alpha value is -1.52. The first-order valence-corrected chi connectivity index (χ1v) is 4.21. The topological polar surface area (TPSA) is 81.1 Å². The number of carboxylic acid groups (broad SMARTS) is 1. The van der Waals surface area contributed by atoms with Gasteiger partial charge in [-0.05, 0) is 6.42 Å². The highest BCUT2D eigenvalue weighted by atomic mass is 16.4. The van der Waals surface area contributed by atoms with Gasteiger partial charge in [0.25, 0.3) is 0 Å². The molecule has 13 heavy (non-hydrogen) atoms. The van der Waals surface area contributed by atoms with E-state index in [2.05, 4.69) is 12.0 Å². The van der Waals surface area contributed by atoms with Gasteiger partial charge in [-0.2, -0.15) is 5.10 Å². The number of anilines is 1. The van der Waals surface area contributed by atoms with Crippen LogP contribution in [-0.2, 0) is 6.54 Å². The van der Waals surface area contributed by atoms with Crippen molar-refractivity contribution in [2.45, 2.75) is 26.3 Å². The van der Waals surface area contributed by atoms with Gasteiger partial charge in [-0.1, -0.05) is 13.3 Å². The molecule has 1 aromatic rings. The predicted molar refractivity (Wildman–Crippen MR) is 48.5 cm³/mol. The molecule has 0 spiro atoms. The summed E-state index contributed by atoms with van der Waals surface area (Å²) in [5.41, 5.74) is 5.57. The van der Waals surface area contributed by atoms with Crippen molar-refractivity contribution in [1.82, 2.24) is 9.78 Å². The molecular formula is C8H13N3O2. The largest absolute Gasteiger partial charge is 0.476 e. The summed E-state index contributed by atoms with van der Waals surface area (Å²) in [4.78, 5) is 10.5. The maximum atomic E-state index is 10.5. The standard InChI is InChI=1S/C8H13N3O2/c1-2-3-4-11-7(9)5-6(10-11)8(12)13/h5H,2-4,9H2,1H3,(H,12,13). The quantitative estimate of drug-likeness (QED) is 0.728. The Kier molecular flexibility index (Phi) is 2.89. The van der Waals surface area contributed by atoms with E-state index >= 15 is 0 Å². The summed E-state index contributed by atoms with van der Waals surface area (Å²) in [5, 5.41) is 12.5. The molecule has 0 aromatic carbocycles. The molecule has 0 saturated heterocycles. The molecule has 1 aromatic heterocycles. The minimum absolute atomic E-state index is 0.00797. The highest BCUT2D eigenvalue weighted by Gasteiger charge is 2.09. The van der Waals surface area contributed by atoms with Gasteiger partial charge in [0.05, 0.1) is 0 Å². The number of nitrogens with zero attached hydrogens (tertiary/aromatic N) is 2. The van der Waals surface area contributed by atoms with E-state index in [1.54, 1.807) is 0 Å². The van der Waals surface area contributed by atoms with Crippen molar-refractivity contribution < 1.29 is 9.90 Å². The van der Waals surface area contributed by atoms with E-state index in [-0.39, 0.29) is 5.69 Å². The molecule has 0 saturated carbocycles. The SMILES string of the molecule is CCCCn1nc(C(=O)O)cc1N. The van der Waals surface area contributed by atoms with Crippen LogP contribution in [0.25, 0.3) is 0 Å². The molecular weight excluding hydrogens is 170 g/mol. The average molecular weight is 183 g/mol. The highest BCUT2D eigenvalue weighted by Crippen LogP contribution is 2.07. The van der Waals surface area contributed by atoms with Gasteiger partial charge in [-0.3, -0.25) is 0 Å². The third-order valence-corrected chi connectivity index (χ3v) is 1.75. The van der Waals surface area contributed by atoms with Crippen LogP contribution in [-0.4, -0.2) is 20.9 Å². The molecule has 5 nitrogen and oxygen atoms in total. The molecule has 0 radical (unpaired) electrons. The number of aromatic nitrogens is 2. The Morgan fingerprint density at radius 1 is 1.77 bits per heavy atom. The molecule has 0 aliphatic carbocycles. The van der Waals surface area contributed by atoms with Crippen LogP contribution in [0.2, 0.25) is 0 Å². The summed E-state index contributed by atoms with van der Waals surface area (Å²) in [5.74, 6) is -0.632. The molecule has 0 bridgehead atoms. The van der Waals surface area contributed by atoms with Gasteiger partial charge >= 0.3 is 5.97 Å². The van der Waals surface area contributed by atoms with E-state index in [1.165, 1.54) is 10.7 Å². The lowest BCUT2D eigenvalue weighted by Gasteiger charge is -2.00. The first-order valence-electron chi connectivity index (χ1n) is 4.21. The summed E-state index contributed by atoms with van der Waals surface area (Å²) in [6, 6.07) is 1.37. The fourth-order valence-electron chi connectivity index (χ4n) is 1.02. The molecule has 3 N–H and O–H groups in total. The molecule has 0 aliphatic heterocycles. The van der Waals surface area contributed by atoms with Crippen molar-refractivity contribution >= 4 is 11.8 Å². The smallest absolute Gasteiger partial charge is 0.356 e. The van der Waals surface area contributed by atoms with Crippen molar-refractivity contribution in [2.75, 3.05) is 5.73 Å². The minimum Gasteiger partial charge on any atom is -0.476 e. The second-order valence-corrected chi connectivity index (χ2v) is 2.84. The normalized spacial score (nSPS) is 10.2. The van der Waals surface area contributed by atoms with Crippen LogP contribution >= 0.6 is 0 Å². The number of carbonyl (C=O) groups is 1. The van der Waals surface area contributed by atoms with Gasteiger partial charge in [-0.25, -0.2) is 9.48 Å². The summed E-state index contributed by atoms with van der Waals surface area (Å²) in [6.07, 6.45) is 1.98. The summed E-state index contributed by atoms with van der Waals surface area (Å²) >= 11 is 0. The first-order chi connectivity index (χ1) is 6.15. The van der Waals surface area contributed by atoms with Crippen LogP contribution < -0.4 is 5.73 Å². The molecule has 0 aliphatic rings. The predicted octanol–water partition coefficient (Wildman–Crippen LogP) is 0.964. The third-order valence-electron chi connectivity index (χ3n) is 1.75. The van der Waals surface area contributed by atoms with E-state index in [4.69, 9.17) is 10.8 Å². The number of unbranched alkanes of at least 4 members (excludes halogenated alkanes) is 1. The van der Waals surface area contributed by atoms with Crippen LogP contribution in [0.1, 0.15) is 30.3 Å². The third kappa shape index (κ3) is 2.21. The molecule has 0 atom stereocenters. The maximum Gasteiger partial charge on any atom is 0.356 e. The summed E-state index contributed by atoms with van der Waals surface area (Å²) < 4.78 is 1.52. The first kappa shape index (κ1) is 9.57. The van der Waals surface area contributed by atoms with Crippen LogP contribution in [0, 0.1) is 0 Å². The van der Waals surface area contributed by atoms with Crippen molar-refractivity contribution in [3.05, 3.63) is 11.8 Å². The van der Waals surface area contributed by atoms with Crippen LogP contribution in [0.3, 0.4) is 0 Å². The van der Waals surface area contributed by atoms with Gasteiger partial charge < -0.3 is 10.8 Å². The zero-order valence-electron chi connectivity index (χ0n) is 7.53. The zero-order chi connectivity index (χ0) is 9.84. The van der Waals surface area contributed by atoms with E-state index < -0.39 is 5.97 Å². The number of carboxylic acids is 1. The molecule has 1 rings (SSSR count). The molecule has 72 valence electrons. The Labute approximate surface area is 76.2 Å². The number of aromatic carboxylic acids is 1. The van der Waals surface area contributed by atoms with Crippen molar-refractivity contribution in [2.24, 2.45) is 0 Å². The summed E-state index contributed by atoms with van der Waals surface area (Å²) in [6.45, 7) is 2.73. The maximum absolute atomic E-state index is 10.5. The van der Waals surface area contributed by atoms with E-state index in [0.717, 1.165) is 12.8 Å². The van der Waals surface area contributed by atoms with E-state index in [1.807, 2.05) is 0 Å². The molecule has 1 heterocycles. The van der Waals surface area contributed by atoms with Gasteiger partial charge in [0, 0.05) is 12.6 Å². The fraction of sp³-hybridized carbons (Fsp3) is 0.500. The van der Waals surface area contributed by atoms with E-state index in [0.29, 0.717) is 12.4 Å². The molecule has 5 heteroatoms. The zero-order valence-corrected chi connectivity index (χ0v) is 7.53. The highest BCUT2D eigenvalue weighted by molar-refractivity contribution is 5.86. The lowest BCUT2D eigenvalue weighted by molar-refractivity contribution is 0.0689.